The smallest absolute Gasteiger partial charge is 0.272 e. The van der Waals surface area contributed by atoms with Gasteiger partial charge >= 0.3 is 0 Å². The Hall–Kier alpha value is -4.85. The summed E-state index contributed by atoms with van der Waals surface area (Å²) in [7, 11) is 0. The van der Waals surface area contributed by atoms with Gasteiger partial charge in [-0.2, -0.15) is 0 Å². The molecule has 214 valence electrons. The zero-order valence-electron chi connectivity index (χ0n) is 23.2. The Labute approximate surface area is 259 Å². The van der Waals surface area contributed by atoms with Crippen molar-refractivity contribution in [3.8, 4) is 0 Å². The van der Waals surface area contributed by atoms with Gasteiger partial charge in [0.05, 0.1) is 5.25 Å². The minimum absolute atomic E-state index is 0.0304. The normalized spacial score (nSPS) is 11.9. The first-order valence-corrected chi connectivity index (χ1v) is 14.8. The van der Waals surface area contributed by atoms with E-state index in [2.05, 4.69) is 16.0 Å². The van der Waals surface area contributed by atoms with Crippen LogP contribution in [-0.2, 0) is 9.59 Å². The Bertz CT molecular complexity index is 1820. The zero-order chi connectivity index (χ0) is 30.2. The van der Waals surface area contributed by atoms with Gasteiger partial charge < -0.3 is 16.0 Å². The molecule has 0 fully saturated rings. The zero-order valence-corrected chi connectivity index (χ0v) is 24.8. The summed E-state index contributed by atoms with van der Waals surface area (Å²) in [6.07, 6.45) is 1.54. The molecule has 3 N–H and O–H groups in total. The second-order valence-electron chi connectivity index (χ2n) is 9.66. The van der Waals surface area contributed by atoms with Crippen molar-refractivity contribution >= 4 is 69.3 Å². The summed E-state index contributed by atoms with van der Waals surface area (Å²) < 4.78 is 0. The second-order valence-corrected chi connectivity index (χ2v) is 11.5. The fourth-order valence-electron chi connectivity index (χ4n) is 4.36. The molecule has 43 heavy (non-hydrogen) atoms. The molecule has 0 radical (unpaired) electrons. The first kappa shape index (κ1) is 29.6. The Morgan fingerprint density at radius 3 is 2.28 bits per heavy atom. The third-order valence-electron chi connectivity index (χ3n) is 6.56. The second kappa shape index (κ2) is 13.9. The van der Waals surface area contributed by atoms with E-state index in [1.807, 2.05) is 61.5 Å². The van der Waals surface area contributed by atoms with E-state index in [0.717, 1.165) is 21.4 Å². The van der Waals surface area contributed by atoms with Crippen molar-refractivity contribution in [3.63, 3.8) is 0 Å². The highest BCUT2D eigenvalue weighted by molar-refractivity contribution is 8.00. The van der Waals surface area contributed by atoms with Crippen molar-refractivity contribution in [1.29, 1.82) is 0 Å². The summed E-state index contributed by atoms with van der Waals surface area (Å²) in [6, 6.07) is 36.6. The number of hydrogen-bond acceptors (Lipinski definition) is 4. The minimum Gasteiger partial charge on any atom is -0.325 e. The highest BCUT2D eigenvalue weighted by Crippen LogP contribution is 2.29. The van der Waals surface area contributed by atoms with Gasteiger partial charge in [0.1, 0.15) is 5.70 Å². The highest BCUT2D eigenvalue weighted by Gasteiger charge is 2.18. The van der Waals surface area contributed by atoms with E-state index in [4.69, 9.17) is 11.6 Å². The molecule has 0 heterocycles. The molecule has 5 aromatic rings. The molecule has 0 saturated heterocycles. The SMILES string of the molecule is CC(Sc1cccc(NC(=O)/C(=C\c2ccccc2Cl)NC(=O)c2ccccc2)c1)C(=O)Nc1cccc2ccccc12. The molecule has 0 bridgehead atoms. The molecule has 0 spiro atoms. The third kappa shape index (κ3) is 7.71. The number of hydrogen-bond donors (Lipinski definition) is 3. The summed E-state index contributed by atoms with van der Waals surface area (Å²) >= 11 is 7.71. The fraction of sp³-hybridized carbons (Fsp3) is 0.0571. The number of halogens is 1. The predicted octanol–water partition coefficient (Wildman–Crippen LogP) is 8.02. The van der Waals surface area contributed by atoms with E-state index in [-0.39, 0.29) is 11.6 Å². The Kier molecular flexibility index (Phi) is 9.56. The van der Waals surface area contributed by atoms with Crippen LogP contribution in [0.3, 0.4) is 0 Å². The van der Waals surface area contributed by atoms with Crippen LogP contribution in [0, 0.1) is 0 Å². The Morgan fingerprint density at radius 1 is 0.767 bits per heavy atom. The topological polar surface area (TPSA) is 87.3 Å². The highest BCUT2D eigenvalue weighted by atomic mass is 35.5. The number of anilines is 2. The summed E-state index contributed by atoms with van der Waals surface area (Å²) in [4.78, 5) is 40.2. The lowest BCUT2D eigenvalue weighted by molar-refractivity contribution is -0.115. The molecule has 5 aromatic carbocycles. The van der Waals surface area contributed by atoms with Crippen LogP contribution in [0.5, 0.6) is 0 Å². The van der Waals surface area contributed by atoms with Gasteiger partial charge in [-0.25, -0.2) is 0 Å². The molecule has 0 aliphatic heterocycles. The van der Waals surface area contributed by atoms with Crippen molar-refractivity contribution in [2.45, 2.75) is 17.1 Å². The van der Waals surface area contributed by atoms with Crippen LogP contribution in [0.25, 0.3) is 16.8 Å². The minimum atomic E-state index is -0.520. The molecule has 0 saturated carbocycles. The summed E-state index contributed by atoms with van der Waals surface area (Å²) in [5.74, 6) is -1.08. The quantitative estimate of drug-likeness (QED) is 0.117. The van der Waals surface area contributed by atoms with Crippen molar-refractivity contribution < 1.29 is 14.4 Å². The van der Waals surface area contributed by atoms with Gasteiger partial charge in [-0.1, -0.05) is 90.5 Å². The van der Waals surface area contributed by atoms with E-state index in [1.165, 1.54) is 17.8 Å². The third-order valence-corrected chi connectivity index (χ3v) is 7.99. The van der Waals surface area contributed by atoms with Gasteiger partial charge in [0.2, 0.25) is 5.91 Å². The van der Waals surface area contributed by atoms with Crippen molar-refractivity contribution in [2.24, 2.45) is 0 Å². The molecule has 1 unspecified atom stereocenters. The van der Waals surface area contributed by atoms with E-state index in [0.29, 0.717) is 21.8 Å². The summed E-state index contributed by atoms with van der Waals surface area (Å²) in [6.45, 7) is 1.83. The molecule has 6 nitrogen and oxygen atoms in total. The standard InChI is InChI=1S/C35H28ClN3O3S/c1-23(33(40)38-31-20-9-15-24-11-5-7-18-29(24)31)43-28-17-10-16-27(22-28)37-35(42)32(21-26-14-6-8-19-30(26)36)39-34(41)25-12-3-2-4-13-25/h2-23H,1H3,(H,37,42)(H,38,40)(H,39,41)/b32-21+. The maximum Gasteiger partial charge on any atom is 0.272 e. The molecular formula is C35H28ClN3O3S. The van der Waals surface area contributed by atoms with Crippen LogP contribution in [0.1, 0.15) is 22.8 Å². The fourth-order valence-corrected chi connectivity index (χ4v) is 5.48. The lowest BCUT2D eigenvalue weighted by Crippen LogP contribution is -2.30. The van der Waals surface area contributed by atoms with Crippen LogP contribution in [-0.4, -0.2) is 23.0 Å². The lowest BCUT2D eigenvalue weighted by atomic mass is 10.1. The Morgan fingerprint density at radius 2 is 1.47 bits per heavy atom. The lowest BCUT2D eigenvalue weighted by Gasteiger charge is -2.15. The molecule has 1 atom stereocenters. The van der Waals surface area contributed by atoms with Crippen LogP contribution in [0.4, 0.5) is 11.4 Å². The van der Waals surface area contributed by atoms with Gasteiger partial charge in [0.15, 0.2) is 0 Å². The predicted molar refractivity (Wildman–Crippen MR) is 176 cm³/mol. The van der Waals surface area contributed by atoms with Crippen LogP contribution < -0.4 is 16.0 Å². The van der Waals surface area contributed by atoms with E-state index in [1.54, 1.807) is 66.7 Å². The largest absolute Gasteiger partial charge is 0.325 e. The molecule has 0 aromatic heterocycles. The van der Waals surface area contributed by atoms with E-state index in [9.17, 15) is 14.4 Å². The summed E-state index contributed by atoms with van der Waals surface area (Å²) in [5, 5.41) is 10.7. The average Bonchev–Trinajstić information content (AvgIpc) is 3.02. The number of rotatable bonds is 9. The number of thioether (sulfide) groups is 1. The van der Waals surface area contributed by atoms with Gasteiger partial charge in [0.25, 0.3) is 11.8 Å². The van der Waals surface area contributed by atoms with Crippen molar-refractivity contribution in [1.82, 2.24) is 5.32 Å². The maximum atomic E-state index is 13.4. The molecule has 8 heteroatoms. The van der Waals surface area contributed by atoms with Crippen LogP contribution in [0.2, 0.25) is 5.02 Å². The maximum absolute atomic E-state index is 13.4. The van der Waals surface area contributed by atoms with E-state index < -0.39 is 17.1 Å². The molecule has 5 rings (SSSR count). The van der Waals surface area contributed by atoms with Crippen LogP contribution >= 0.6 is 23.4 Å². The summed E-state index contributed by atoms with van der Waals surface area (Å²) in [5.41, 5.74) is 2.29. The molecular weight excluding hydrogens is 578 g/mol. The monoisotopic (exact) mass is 605 g/mol. The van der Waals surface area contributed by atoms with Gasteiger partial charge in [-0.3, -0.25) is 14.4 Å². The first-order chi connectivity index (χ1) is 20.9. The van der Waals surface area contributed by atoms with E-state index >= 15 is 0 Å². The number of benzene rings is 5. The number of nitrogens with one attached hydrogen (secondary N) is 3. The van der Waals surface area contributed by atoms with Crippen molar-refractivity contribution in [2.75, 3.05) is 10.6 Å². The van der Waals surface area contributed by atoms with Crippen LogP contribution in [0.15, 0.2) is 132 Å². The Balaban J connectivity index is 1.30. The number of fused-ring (bicyclic) bond motifs is 1. The molecule has 0 aliphatic carbocycles. The molecule has 3 amide bonds. The van der Waals surface area contributed by atoms with Gasteiger partial charge in [-0.05, 0) is 66.4 Å². The number of carbonyl (C=O) groups excluding carboxylic acids is 3. The molecule has 0 aliphatic rings. The first-order valence-electron chi connectivity index (χ1n) is 13.6. The average molecular weight is 606 g/mol. The number of carbonyl (C=O) groups is 3. The number of amides is 3. The van der Waals surface area contributed by atoms with Gasteiger partial charge in [0, 0.05) is 32.2 Å². The van der Waals surface area contributed by atoms with Gasteiger partial charge in [-0.15, -0.1) is 11.8 Å². The van der Waals surface area contributed by atoms with Crippen molar-refractivity contribution in [3.05, 3.63) is 143 Å².